The maximum atomic E-state index is 11.1. The van der Waals surface area contributed by atoms with Crippen LogP contribution in [0.25, 0.3) is 0 Å². The van der Waals surface area contributed by atoms with Crippen molar-refractivity contribution in [2.45, 2.75) is 18.1 Å². The molecule has 0 spiro atoms. The molecule has 8 heteroatoms. The fraction of sp³-hybridized carbons (Fsp3) is 0.500. The van der Waals surface area contributed by atoms with Gasteiger partial charge in [0.15, 0.2) is 22.4 Å². The average Bonchev–Trinajstić information content (AvgIpc) is 2.45. The maximum Gasteiger partial charge on any atom is 0.223 e. The van der Waals surface area contributed by atoms with E-state index in [0.29, 0.717) is 6.29 Å². The monoisotopic (exact) mass is 305 g/mol. The van der Waals surface area contributed by atoms with Crippen molar-refractivity contribution in [3.63, 3.8) is 0 Å². The lowest BCUT2D eigenvalue weighted by atomic mass is 10.3. The number of aldehydes is 1. The first-order chi connectivity index (χ1) is 9.29. The van der Waals surface area contributed by atoms with Crippen LogP contribution in [0.1, 0.15) is 17.3 Å². The molecule has 0 aliphatic rings. The number of rotatable bonds is 5. The Balaban J connectivity index is 0.000000511. The summed E-state index contributed by atoms with van der Waals surface area (Å²) in [5, 5.41) is 0. The van der Waals surface area contributed by atoms with Crippen molar-refractivity contribution in [1.29, 1.82) is 0 Å². The Morgan fingerprint density at radius 3 is 2.10 bits per heavy atom. The summed E-state index contributed by atoms with van der Waals surface area (Å²) < 4.78 is 36.3. The van der Waals surface area contributed by atoms with E-state index in [2.05, 4.69) is 14.5 Å². The highest BCUT2D eigenvalue weighted by Gasteiger charge is 2.11. The molecule has 0 N–H and O–H groups in total. The van der Waals surface area contributed by atoms with E-state index in [1.54, 1.807) is 14.2 Å². The molecule has 7 nitrogen and oxygen atoms in total. The fourth-order valence-corrected chi connectivity index (χ4v) is 1.59. The number of hydrogen-bond acceptors (Lipinski definition) is 7. The number of sulfone groups is 1. The second-order valence-corrected chi connectivity index (χ2v) is 5.71. The molecule has 0 saturated heterocycles. The zero-order valence-corrected chi connectivity index (χ0v) is 12.9. The van der Waals surface area contributed by atoms with Gasteiger partial charge in [-0.2, -0.15) is 0 Å². The summed E-state index contributed by atoms with van der Waals surface area (Å²) in [4.78, 5) is 14.3. The smallest absolute Gasteiger partial charge is 0.223 e. The van der Waals surface area contributed by atoms with Crippen LogP contribution in [0.4, 0.5) is 0 Å². The second-order valence-electron chi connectivity index (χ2n) is 3.70. The Morgan fingerprint density at radius 1 is 1.25 bits per heavy atom. The van der Waals surface area contributed by atoms with Crippen molar-refractivity contribution < 1.29 is 27.4 Å². The zero-order chi connectivity index (χ0) is 15.8. The molecule has 0 atom stereocenters. The minimum atomic E-state index is -3.34. The summed E-state index contributed by atoms with van der Waals surface area (Å²) in [5.74, 6) is 0.118. The molecule has 1 heterocycles. The maximum absolute atomic E-state index is 11.1. The van der Waals surface area contributed by atoms with E-state index in [-0.39, 0.29) is 22.6 Å². The molecule has 0 radical (unpaired) electrons. The minimum absolute atomic E-state index is 0.000370. The fourth-order valence-electron chi connectivity index (χ4n) is 1.00. The molecule has 0 bridgehead atoms. The zero-order valence-electron chi connectivity index (χ0n) is 12.1. The lowest BCUT2D eigenvalue weighted by Gasteiger charge is -2.03. The van der Waals surface area contributed by atoms with Gasteiger partial charge in [-0.15, -0.1) is 0 Å². The molecular formula is C12H19NO6S. The Bertz CT molecular complexity index is 525. The summed E-state index contributed by atoms with van der Waals surface area (Å²) >= 11 is 0. The summed E-state index contributed by atoms with van der Waals surface area (Å²) in [6.45, 7) is 1.83. The molecular weight excluding hydrogens is 286 g/mol. The van der Waals surface area contributed by atoms with Gasteiger partial charge in [0.05, 0.1) is 17.6 Å². The molecule has 0 fully saturated rings. The lowest BCUT2D eigenvalue weighted by molar-refractivity contribution is -0.0877. The molecule has 1 aromatic heterocycles. The van der Waals surface area contributed by atoms with Crippen LogP contribution < -0.4 is 4.74 Å². The highest BCUT2D eigenvalue weighted by molar-refractivity contribution is 7.90. The number of pyridine rings is 1. The number of hydrogen-bond donors (Lipinski definition) is 0. The van der Waals surface area contributed by atoms with Gasteiger partial charge in [-0.1, -0.05) is 0 Å². The van der Waals surface area contributed by atoms with E-state index < -0.39 is 9.84 Å². The molecule has 1 aromatic rings. The number of methoxy groups -OCH3 is 3. The van der Waals surface area contributed by atoms with E-state index in [4.69, 9.17) is 4.74 Å². The number of aromatic nitrogens is 1. The van der Waals surface area contributed by atoms with Gasteiger partial charge in [0, 0.05) is 26.7 Å². The lowest BCUT2D eigenvalue weighted by Crippen LogP contribution is -2.05. The van der Waals surface area contributed by atoms with Crippen LogP contribution in [0, 0.1) is 0 Å². The van der Waals surface area contributed by atoms with Gasteiger partial charge in [-0.3, -0.25) is 4.79 Å². The van der Waals surface area contributed by atoms with Crippen molar-refractivity contribution in [3.05, 3.63) is 17.8 Å². The van der Waals surface area contributed by atoms with Crippen LogP contribution in [0.3, 0.4) is 0 Å². The summed E-state index contributed by atoms with van der Waals surface area (Å²) in [6.07, 6.45) is 2.64. The first-order valence-corrected chi connectivity index (χ1v) is 7.44. The molecule has 0 aromatic carbocycles. The van der Waals surface area contributed by atoms with E-state index in [9.17, 15) is 13.2 Å². The third-order valence-electron chi connectivity index (χ3n) is 2.27. The standard InChI is InChI=1S/C8H9NO4S.C4H10O2/c1-13-8-6(5-10)3-7(4-9-8)14(2,11)12;1-4(5-2)6-3/h3-5H,1-2H3;4H,1-3H3. The van der Waals surface area contributed by atoms with Gasteiger partial charge in [0.25, 0.3) is 0 Å². The number of carbonyl (C=O) groups is 1. The largest absolute Gasteiger partial charge is 0.480 e. The van der Waals surface area contributed by atoms with Crippen LogP contribution in [-0.2, 0) is 19.3 Å². The van der Waals surface area contributed by atoms with Crippen LogP contribution in [0.15, 0.2) is 17.2 Å². The van der Waals surface area contributed by atoms with Gasteiger partial charge in [0.2, 0.25) is 5.88 Å². The van der Waals surface area contributed by atoms with Gasteiger partial charge >= 0.3 is 0 Å². The molecule has 1 rings (SSSR count). The third-order valence-corrected chi connectivity index (χ3v) is 3.35. The highest BCUT2D eigenvalue weighted by Crippen LogP contribution is 2.16. The molecule has 114 valence electrons. The number of ether oxygens (including phenoxy) is 3. The van der Waals surface area contributed by atoms with Crippen LogP contribution in [0.2, 0.25) is 0 Å². The van der Waals surface area contributed by atoms with E-state index >= 15 is 0 Å². The minimum Gasteiger partial charge on any atom is -0.480 e. The molecule has 20 heavy (non-hydrogen) atoms. The van der Waals surface area contributed by atoms with Gasteiger partial charge in [-0.05, 0) is 13.0 Å². The quantitative estimate of drug-likeness (QED) is 0.590. The Kier molecular flexibility index (Phi) is 7.97. The molecule has 0 saturated carbocycles. The molecule has 0 aliphatic heterocycles. The summed E-state index contributed by atoms with van der Waals surface area (Å²) in [6, 6.07) is 1.23. The molecule has 0 amide bonds. The van der Waals surface area contributed by atoms with E-state index in [1.807, 2.05) is 6.92 Å². The summed E-state index contributed by atoms with van der Waals surface area (Å²) in [5.41, 5.74) is 0.121. The van der Waals surface area contributed by atoms with E-state index in [0.717, 1.165) is 12.5 Å². The first-order valence-electron chi connectivity index (χ1n) is 5.55. The Labute approximate surface area is 118 Å². The van der Waals surface area contributed by atoms with Crippen molar-refractivity contribution in [2.24, 2.45) is 0 Å². The summed E-state index contributed by atoms with van der Waals surface area (Å²) in [7, 11) is 1.23. The van der Waals surface area contributed by atoms with Gasteiger partial charge in [-0.25, -0.2) is 13.4 Å². The van der Waals surface area contributed by atoms with Gasteiger partial charge < -0.3 is 14.2 Å². The molecule has 0 unspecified atom stereocenters. The van der Waals surface area contributed by atoms with Crippen LogP contribution in [0.5, 0.6) is 5.88 Å². The highest BCUT2D eigenvalue weighted by atomic mass is 32.2. The van der Waals surface area contributed by atoms with Crippen LogP contribution >= 0.6 is 0 Å². The molecule has 0 aliphatic carbocycles. The van der Waals surface area contributed by atoms with Crippen molar-refractivity contribution >= 4 is 16.1 Å². The average molecular weight is 305 g/mol. The SMILES string of the molecule is COC(C)OC.COc1ncc(S(C)(=O)=O)cc1C=O. The topological polar surface area (TPSA) is 91.8 Å². The van der Waals surface area contributed by atoms with Crippen molar-refractivity contribution in [1.82, 2.24) is 4.98 Å². The number of nitrogens with zero attached hydrogens (tertiary/aromatic N) is 1. The predicted octanol–water partition coefficient (Wildman–Crippen LogP) is 0.931. The Morgan fingerprint density at radius 2 is 1.80 bits per heavy atom. The van der Waals surface area contributed by atoms with Crippen molar-refractivity contribution in [3.8, 4) is 5.88 Å². The Hall–Kier alpha value is -1.51. The number of carbonyl (C=O) groups excluding carboxylic acids is 1. The first kappa shape index (κ1) is 18.5. The second kappa shape index (κ2) is 8.62. The van der Waals surface area contributed by atoms with Crippen LogP contribution in [-0.4, -0.2) is 53.6 Å². The predicted molar refractivity (Wildman–Crippen MR) is 72.8 cm³/mol. The normalized spacial score (nSPS) is 10.7. The van der Waals surface area contributed by atoms with Gasteiger partial charge in [0.1, 0.15) is 0 Å². The third kappa shape index (κ3) is 6.09. The van der Waals surface area contributed by atoms with Crippen molar-refractivity contribution in [2.75, 3.05) is 27.6 Å². The van der Waals surface area contributed by atoms with E-state index in [1.165, 1.54) is 13.2 Å².